The summed E-state index contributed by atoms with van der Waals surface area (Å²) in [5, 5.41) is 16.8. The van der Waals surface area contributed by atoms with Gasteiger partial charge < -0.3 is 14.4 Å². The fourth-order valence-corrected chi connectivity index (χ4v) is 4.45. The van der Waals surface area contributed by atoms with E-state index in [2.05, 4.69) is 33.2 Å². The van der Waals surface area contributed by atoms with Gasteiger partial charge in [0.25, 0.3) is 0 Å². The van der Waals surface area contributed by atoms with Crippen molar-refractivity contribution in [3.05, 3.63) is 77.7 Å². The van der Waals surface area contributed by atoms with Crippen LogP contribution in [-0.4, -0.2) is 39.9 Å². The molecule has 0 radical (unpaired) electrons. The van der Waals surface area contributed by atoms with Gasteiger partial charge in [-0.25, -0.2) is 0 Å². The number of aryl methyl sites for hydroxylation is 1. The average molecular weight is 415 g/mol. The Bertz CT molecular complexity index is 1220. The van der Waals surface area contributed by atoms with Crippen LogP contribution in [0.25, 0.3) is 22.2 Å². The van der Waals surface area contributed by atoms with Crippen LogP contribution in [0.5, 0.6) is 5.75 Å². The van der Waals surface area contributed by atoms with Gasteiger partial charge in [-0.15, -0.1) is 0 Å². The monoisotopic (exact) mass is 415 g/mol. The van der Waals surface area contributed by atoms with E-state index in [0.717, 1.165) is 27.6 Å². The molecule has 0 aliphatic carbocycles. The smallest absolute Gasteiger partial charge is 0.244 e. The van der Waals surface area contributed by atoms with Gasteiger partial charge in [-0.3, -0.25) is 4.90 Å². The summed E-state index contributed by atoms with van der Waals surface area (Å²) in [4.78, 5) is 6.88. The molecule has 4 aromatic rings. The van der Waals surface area contributed by atoms with Crippen LogP contribution in [0, 0.1) is 6.92 Å². The maximum Gasteiger partial charge on any atom is 0.244 e. The zero-order valence-corrected chi connectivity index (χ0v) is 17.7. The highest BCUT2D eigenvalue weighted by Crippen LogP contribution is 2.36. The van der Waals surface area contributed by atoms with Crippen molar-refractivity contribution in [2.75, 3.05) is 13.7 Å². The number of aliphatic hydroxyl groups is 1. The number of fused-ring (bicyclic) bond motifs is 1. The molecule has 1 N–H and O–H groups in total. The molecule has 6 heteroatoms. The third-order valence-electron chi connectivity index (χ3n) is 5.95. The van der Waals surface area contributed by atoms with Gasteiger partial charge in [0.05, 0.1) is 19.3 Å². The highest BCUT2D eigenvalue weighted by Gasteiger charge is 2.36. The number of aromatic nitrogens is 2. The van der Waals surface area contributed by atoms with Crippen molar-refractivity contribution in [1.82, 2.24) is 15.0 Å². The molecule has 0 unspecified atom stereocenters. The maximum atomic E-state index is 10.4. The molecule has 1 aromatic heterocycles. The second-order valence-corrected chi connectivity index (χ2v) is 8.13. The Labute approximate surface area is 181 Å². The van der Waals surface area contributed by atoms with Crippen molar-refractivity contribution >= 4 is 10.8 Å². The Morgan fingerprint density at radius 1 is 1.10 bits per heavy atom. The molecule has 2 heterocycles. The van der Waals surface area contributed by atoms with Crippen LogP contribution < -0.4 is 4.74 Å². The number of likely N-dealkylation sites (tertiary alicyclic amines) is 1. The molecule has 3 aromatic carbocycles. The first-order valence-electron chi connectivity index (χ1n) is 10.5. The summed E-state index contributed by atoms with van der Waals surface area (Å²) >= 11 is 0. The molecule has 2 atom stereocenters. The van der Waals surface area contributed by atoms with Gasteiger partial charge in [-0.2, -0.15) is 4.98 Å². The van der Waals surface area contributed by atoms with E-state index in [1.165, 1.54) is 5.56 Å². The molecular formula is C25H25N3O3. The van der Waals surface area contributed by atoms with Crippen LogP contribution in [-0.2, 0) is 6.54 Å². The molecule has 31 heavy (non-hydrogen) atoms. The van der Waals surface area contributed by atoms with E-state index in [1.54, 1.807) is 7.11 Å². The van der Waals surface area contributed by atoms with Gasteiger partial charge in [0.1, 0.15) is 5.75 Å². The summed E-state index contributed by atoms with van der Waals surface area (Å²) in [6, 6.07) is 20.2. The second kappa shape index (κ2) is 8.13. The second-order valence-electron chi connectivity index (χ2n) is 8.13. The van der Waals surface area contributed by atoms with Crippen LogP contribution in [0.3, 0.4) is 0 Å². The fraction of sp³-hybridized carbons (Fsp3) is 0.280. The molecule has 0 saturated carbocycles. The first kappa shape index (κ1) is 19.7. The molecule has 6 nitrogen and oxygen atoms in total. The lowest BCUT2D eigenvalue weighted by Crippen LogP contribution is -2.24. The molecule has 1 saturated heterocycles. The molecule has 1 aliphatic rings. The lowest BCUT2D eigenvalue weighted by atomic mass is 10.0. The van der Waals surface area contributed by atoms with Crippen molar-refractivity contribution in [2.45, 2.75) is 32.0 Å². The number of ether oxygens (including phenoxy) is 1. The van der Waals surface area contributed by atoms with Crippen LogP contribution in [0.4, 0.5) is 0 Å². The van der Waals surface area contributed by atoms with E-state index in [9.17, 15) is 5.11 Å². The maximum absolute atomic E-state index is 10.4. The standard InChI is InChI=1S/C25H25N3O3/c1-16-6-5-7-17(12-16)24-26-25(31-27-24)22-13-19(29)15-28(22)14-18-10-11-23(30-2)21-9-4-3-8-20(18)21/h3-12,19,22,29H,13-15H2,1-2H3/t19-,22+/m1/s1. The molecule has 0 spiro atoms. The number of hydrogen-bond donors (Lipinski definition) is 1. The van der Waals surface area contributed by atoms with Crippen molar-refractivity contribution in [2.24, 2.45) is 0 Å². The largest absolute Gasteiger partial charge is 0.496 e. The first-order valence-corrected chi connectivity index (χ1v) is 10.5. The number of rotatable bonds is 5. The minimum absolute atomic E-state index is 0.123. The van der Waals surface area contributed by atoms with E-state index in [1.807, 2.05) is 49.4 Å². The number of aliphatic hydroxyl groups excluding tert-OH is 1. The Hall–Kier alpha value is -3.22. The Morgan fingerprint density at radius 3 is 2.74 bits per heavy atom. The average Bonchev–Trinajstić information content (AvgIpc) is 3.41. The van der Waals surface area contributed by atoms with Crippen molar-refractivity contribution in [3.8, 4) is 17.1 Å². The summed E-state index contributed by atoms with van der Waals surface area (Å²) in [5.74, 6) is 1.98. The molecule has 5 rings (SSSR count). The van der Waals surface area contributed by atoms with E-state index >= 15 is 0 Å². The molecule has 158 valence electrons. The number of benzene rings is 3. The summed E-state index contributed by atoms with van der Waals surface area (Å²) in [6.07, 6.45) is 0.146. The zero-order valence-electron chi connectivity index (χ0n) is 17.7. The van der Waals surface area contributed by atoms with Crippen LogP contribution >= 0.6 is 0 Å². The summed E-state index contributed by atoms with van der Waals surface area (Å²) in [6.45, 7) is 3.28. The summed E-state index contributed by atoms with van der Waals surface area (Å²) < 4.78 is 11.2. The number of hydrogen-bond acceptors (Lipinski definition) is 6. The van der Waals surface area contributed by atoms with Crippen molar-refractivity contribution in [1.29, 1.82) is 0 Å². The lowest BCUT2D eigenvalue weighted by molar-refractivity contribution is 0.169. The van der Waals surface area contributed by atoms with E-state index in [-0.39, 0.29) is 6.04 Å². The topological polar surface area (TPSA) is 71.6 Å². The van der Waals surface area contributed by atoms with Crippen molar-refractivity contribution < 1.29 is 14.4 Å². The lowest BCUT2D eigenvalue weighted by Gasteiger charge is -2.22. The Morgan fingerprint density at radius 2 is 1.94 bits per heavy atom. The summed E-state index contributed by atoms with van der Waals surface area (Å²) in [5.41, 5.74) is 3.25. The zero-order chi connectivity index (χ0) is 21.4. The fourth-order valence-electron chi connectivity index (χ4n) is 4.45. The minimum atomic E-state index is -0.427. The SMILES string of the molecule is COc1ccc(CN2C[C@H](O)C[C@H]2c2nc(-c3cccc(C)c3)no2)c2ccccc12. The minimum Gasteiger partial charge on any atom is -0.496 e. The van der Waals surface area contributed by atoms with Crippen LogP contribution in [0.2, 0.25) is 0 Å². The number of nitrogens with zero attached hydrogens (tertiary/aromatic N) is 3. The molecule has 1 fully saturated rings. The molecular weight excluding hydrogens is 390 g/mol. The van der Waals surface area contributed by atoms with Gasteiger partial charge in [0.2, 0.25) is 11.7 Å². The van der Waals surface area contributed by atoms with E-state index in [4.69, 9.17) is 9.26 Å². The third-order valence-corrected chi connectivity index (χ3v) is 5.95. The van der Waals surface area contributed by atoms with Crippen LogP contribution in [0.1, 0.15) is 29.5 Å². The predicted molar refractivity (Wildman–Crippen MR) is 119 cm³/mol. The van der Waals surface area contributed by atoms with Gasteiger partial charge in [-0.1, -0.05) is 59.3 Å². The van der Waals surface area contributed by atoms with E-state index in [0.29, 0.717) is 31.2 Å². The molecule has 0 bridgehead atoms. The van der Waals surface area contributed by atoms with Gasteiger partial charge in [0.15, 0.2) is 0 Å². The van der Waals surface area contributed by atoms with Gasteiger partial charge in [-0.05, 0) is 36.4 Å². The third kappa shape index (κ3) is 3.80. The Balaban J connectivity index is 1.45. The number of β-amino-alcohol motifs (C(OH)–C–C–N with tert-alkyl or cyclic N) is 1. The molecule has 0 amide bonds. The predicted octanol–water partition coefficient (Wildman–Crippen LogP) is 4.51. The van der Waals surface area contributed by atoms with Gasteiger partial charge >= 0.3 is 0 Å². The van der Waals surface area contributed by atoms with E-state index < -0.39 is 6.10 Å². The van der Waals surface area contributed by atoms with Crippen LogP contribution in [0.15, 0.2) is 65.2 Å². The Kier molecular flexibility index (Phi) is 5.18. The highest BCUT2D eigenvalue weighted by atomic mass is 16.5. The quantitative estimate of drug-likeness (QED) is 0.517. The number of methoxy groups -OCH3 is 1. The van der Waals surface area contributed by atoms with Gasteiger partial charge in [0, 0.05) is 24.0 Å². The molecule has 1 aliphatic heterocycles. The normalized spacial score (nSPS) is 19.2. The highest BCUT2D eigenvalue weighted by molar-refractivity contribution is 5.91. The first-order chi connectivity index (χ1) is 15.1. The van der Waals surface area contributed by atoms with Crippen molar-refractivity contribution in [3.63, 3.8) is 0 Å². The summed E-state index contributed by atoms with van der Waals surface area (Å²) in [7, 11) is 1.69.